The number of carboxylic acids is 1. The van der Waals surface area contributed by atoms with E-state index in [0.717, 1.165) is 0 Å². The lowest BCUT2D eigenvalue weighted by Gasteiger charge is -2.17. The molecule has 3 nitrogen and oxygen atoms in total. The second-order valence-electron chi connectivity index (χ2n) is 2.26. The quantitative estimate of drug-likeness (QED) is 0.537. The van der Waals surface area contributed by atoms with Gasteiger partial charge in [-0.05, 0) is 13.0 Å². The van der Waals surface area contributed by atoms with Crippen LogP contribution in [0.15, 0.2) is 17.4 Å². The molecular weight excluding hydrogens is 132 g/mol. The second kappa shape index (κ2) is 2.29. The molecule has 0 heterocycles. The third-order valence-electron chi connectivity index (χ3n) is 1.47. The molecular formula is C7H8O3. The van der Waals surface area contributed by atoms with Crippen LogP contribution in [0, 0.1) is 5.92 Å². The molecule has 0 spiro atoms. The van der Waals surface area contributed by atoms with Gasteiger partial charge in [-0.3, -0.25) is 4.79 Å². The van der Waals surface area contributed by atoms with Gasteiger partial charge >= 0.3 is 5.97 Å². The summed E-state index contributed by atoms with van der Waals surface area (Å²) in [7, 11) is 0. The number of aliphatic carboxylic acids is 1. The van der Waals surface area contributed by atoms with Crippen molar-refractivity contribution in [2.24, 2.45) is 5.92 Å². The van der Waals surface area contributed by atoms with E-state index in [1.54, 1.807) is 0 Å². The topological polar surface area (TPSA) is 57.5 Å². The van der Waals surface area contributed by atoms with E-state index in [1.165, 1.54) is 13.0 Å². The summed E-state index contributed by atoms with van der Waals surface area (Å²) >= 11 is 0. The van der Waals surface area contributed by atoms with Gasteiger partial charge in [-0.25, -0.2) is 0 Å². The number of hydrogen-bond donors (Lipinski definition) is 2. The van der Waals surface area contributed by atoms with Crippen LogP contribution in [0.25, 0.3) is 0 Å². The van der Waals surface area contributed by atoms with Gasteiger partial charge in [0.2, 0.25) is 0 Å². The first-order valence-corrected chi connectivity index (χ1v) is 3.00. The van der Waals surface area contributed by atoms with E-state index in [0.29, 0.717) is 5.57 Å². The molecule has 3 heteroatoms. The molecule has 0 saturated carbocycles. The van der Waals surface area contributed by atoms with Crippen LogP contribution in [0.2, 0.25) is 0 Å². The Morgan fingerprint density at radius 3 is 2.60 bits per heavy atom. The zero-order valence-corrected chi connectivity index (χ0v) is 5.53. The Morgan fingerprint density at radius 1 is 1.90 bits per heavy atom. The minimum atomic E-state index is -0.922. The molecule has 10 heavy (non-hydrogen) atoms. The van der Waals surface area contributed by atoms with E-state index >= 15 is 0 Å². The van der Waals surface area contributed by atoms with Crippen molar-refractivity contribution in [1.29, 1.82) is 0 Å². The van der Waals surface area contributed by atoms with Crippen molar-refractivity contribution in [2.45, 2.75) is 13.0 Å². The highest BCUT2D eigenvalue weighted by Gasteiger charge is 2.27. The molecule has 1 aliphatic rings. The van der Waals surface area contributed by atoms with Crippen molar-refractivity contribution in [2.75, 3.05) is 0 Å². The summed E-state index contributed by atoms with van der Waals surface area (Å²) in [5, 5.41) is 17.4. The number of aliphatic hydroxyl groups excluding tert-OH is 1. The van der Waals surface area contributed by atoms with Crippen LogP contribution in [0.5, 0.6) is 0 Å². The highest BCUT2D eigenvalue weighted by atomic mass is 16.4. The first-order chi connectivity index (χ1) is 4.63. The van der Waals surface area contributed by atoms with Crippen molar-refractivity contribution in [3.8, 4) is 0 Å². The Labute approximate surface area is 58.3 Å². The summed E-state index contributed by atoms with van der Waals surface area (Å²) in [6, 6.07) is 0. The van der Waals surface area contributed by atoms with Gasteiger partial charge in [0.15, 0.2) is 0 Å². The van der Waals surface area contributed by atoms with E-state index in [2.05, 4.69) is 5.73 Å². The maximum absolute atomic E-state index is 10.3. The molecule has 54 valence electrons. The molecule has 0 saturated heterocycles. The van der Waals surface area contributed by atoms with Crippen LogP contribution in [0.1, 0.15) is 6.92 Å². The van der Waals surface area contributed by atoms with Crippen LogP contribution < -0.4 is 0 Å². The summed E-state index contributed by atoms with van der Waals surface area (Å²) in [6.45, 7) is 1.53. The lowest BCUT2D eigenvalue weighted by atomic mass is 9.89. The molecule has 1 aliphatic carbocycles. The van der Waals surface area contributed by atoms with Gasteiger partial charge in [0.25, 0.3) is 0 Å². The number of aliphatic hydroxyl groups is 1. The second-order valence-corrected chi connectivity index (χ2v) is 2.26. The standard InChI is InChI=1S/C7H8O3/c1-4(8)5-2-3-6(5)7(9)10/h3-4,6,8H,1H3,(H,9,10). The van der Waals surface area contributed by atoms with Crippen LogP contribution in [0.3, 0.4) is 0 Å². The summed E-state index contributed by atoms with van der Waals surface area (Å²) < 4.78 is 0. The van der Waals surface area contributed by atoms with Gasteiger partial charge in [-0.1, -0.05) is 0 Å². The normalized spacial score (nSPS) is 25.0. The molecule has 2 N–H and O–H groups in total. The molecule has 0 aromatic rings. The Morgan fingerprint density at radius 2 is 2.50 bits per heavy atom. The summed E-state index contributed by atoms with van der Waals surface area (Å²) in [4.78, 5) is 10.3. The lowest BCUT2D eigenvalue weighted by molar-refractivity contribution is -0.139. The van der Waals surface area contributed by atoms with E-state index in [9.17, 15) is 4.79 Å². The number of carboxylic acid groups (broad SMARTS) is 1. The van der Waals surface area contributed by atoms with Crippen molar-refractivity contribution in [1.82, 2.24) is 0 Å². The van der Waals surface area contributed by atoms with Gasteiger partial charge in [-0.2, -0.15) is 0 Å². The molecule has 0 fully saturated rings. The Hall–Kier alpha value is -1.05. The fourth-order valence-corrected chi connectivity index (χ4v) is 0.848. The zero-order valence-electron chi connectivity index (χ0n) is 5.53. The Kier molecular flexibility index (Phi) is 1.62. The van der Waals surface area contributed by atoms with Gasteiger partial charge in [0.05, 0.1) is 6.10 Å². The Bertz CT molecular complexity index is 221. The van der Waals surface area contributed by atoms with E-state index in [-0.39, 0.29) is 0 Å². The highest BCUT2D eigenvalue weighted by molar-refractivity contribution is 5.78. The van der Waals surface area contributed by atoms with Gasteiger partial charge < -0.3 is 10.2 Å². The molecule has 1 rings (SSSR count). The zero-order chi connectivity index (χ0) is 7.72. The molecule has 0 radical (unpaired) electrons. The molecule has 0 aromatic heterocycles. The van der Waals surface area contributed by atoms with Crippen molar-refractivity contribution in [3.05, 3.63) is 17.4 Å². The Balaban J connectivity index is 2.66. The number of hydrogen-bond acceptors (Lipinski definition) is 2. The minimum Gasteiger partial charge on any atom is -0.481 e. The first-order valence-electron chi connectivity index (χ1n) is 3.00. The third kappa shape index (κ3) is 0.967. The average molecular weight is 140 g/mol. The van der Waals surface area contributed by atoms with Crippen molar-refractivity contribution >= 4 is 5.97 Å². The van der Waals surface area contributed by atoms with Gasteiger partial charge in [0, 0.05) is 5.57 Å². The molecule has 0 amide bonds. The monoisotopic (exact) mass is 140 g/mol. The van der Waals surface area contributed by atoms with E-state index < -0.39 is 18.0 Å². The molecule has 0 aromatic carbocycles. The predicted octanol–water partition coefficient (Wildman–Crippen LogP) is 0.163. The number of carbonyl (C=O) groups is 1. The van der Waals surface area contributed by atoms with Crippen LogP contribution >= 0.6 is 0 Å². The SMILES string of the molecule is CC(O)C1=C=CC1C(=O)O. The van der Waals surface area contributed by atoms with Crippen LogP contribution in [0.4, 0.5) is 0 Å². The molecule has 2 unspecified atom stereocenters. The van der Waals surface area contributed by atoms with E-state index in [1.807, 2.05) is 0 Å². The maximum Gasteiger partial charge on any atom is 0.315 e. The lowest BCUT2D eigenvalue weighted by Crippen LogP contribution is -2.24. The largest absolute Gasteiger partial charge is 0.481 e. The minimum absolute atomic E-state index is 0.465. The molecule has 2 atom stereocenters. The predicted molar refractivity (Wildman–Crippen MR) is 34.4 cm³/mol. The highest BCUT2D eigenvalue weighted by Crippen LogP contribution is 2.22. The average Bonchev–Trinajstić information content (AvgIpc) is 1.56. The van der Waals surface area contributed by atoms with Crippen LogP contribution in [-0.4, -0.2) is 22.3 Å². The summed E-state index contributed by atoms with van der Waals surface area (Å²) in [5.74, 6) is -1.53. The van der Waals surface area contributed by atoms with Gasteiger partial charge in [0.1, 0.15) is 5.92 Å². The van der Waals surface area contributed by atoms with Crippen molar-refractivity contribution < 1.29 is 15.0 Å². The van der Waals surface area contributed by atoms with Crippen LogP contribution in [-0.2, 0) is 4.79 Å². The fourth-order valence-electron chi connectivity index (χ4n) is 0.848. The fraction of sp³-hybridized carbons (Fsp3) is 0.429. The molecule has 0 aliphatic heterocycles. The third-order valence-corrected chi connectivity index (χ3v) is 1.47. The maximum atomic E-state index is 10.3. The smallest absolute Gasteiger partial charge is 0.315 e. The first kappa shape index (κ1) is 7.06. The number of rotatable bonds is 2. The summed E-state index contributed by atoms with van der Waals surface area (Å²) in [5.41, 5.74) is 3.10. The van der Waals surface area contributed by atoms with Gasteiger partial charge in [-0.15, -0.1) is 5.73 Å². The van der Waals surface area contributed by atoms with E-state index in [4.69, 9.17) is 10.2 Å². The summed E-state index contributed by atoms with van der Waals surface area (Å²) in [6.07, 6.45) is 0.746. The molecule has 0 bridgehead atoms. The van der Waals surface area contributed by atoms with Crippen molar-refractivity contribution in [3.63, 3.8) is 0 Å².